The summed E-state index contributed by atoms with van der Waals surface area (Å²) in [6.07, 6.45) is 1.38. The third-order valence-corrected chi connectivity index (χ3v) is 2.58. The molecule has 0 spiro atoms. The Labute approximate surface area is 100 Å². The molecule has 18 heavy (non-hydrogen) atoms. The van der Waals surface area contributed by atoms with Crippen LogP contribution in [-0.2, 0) is 4.79 Å². The van der Waals surface area contributed by atoms with Gasteiger partial charge in [-0.1, -0.05) is 0 Å². The topological polar surface area (TPSA) is 108 Å². The molecule has 0 bridgehead atoms. The van der Waals surface area contributed by atoms with Crippen molar-refractivity contribution in [3.8, 4) is 6.07 Å². The maximum Gasteiger partial charge on any atom is 0.322 e. The van der Waals surface area contributed by atoms with Gasteiger partial charge in [0.05, 0.1) is 5.56 Å². The number of hydrogen-bond donors (Lipinski definition) is 2. The molecule has 0 aromatic carbocycles. The molecule has 1 saturated heterocycles. The van der Waals surface area contributed by atoms with E-state index in [1.165, 1.54) is 6.20 Å². The van der Waals surface area contributed by atoms with Crippen LogP contribution in [0.2, 0.25) is 0 Å². The number of carbonyl (C=O) groups excluding carboxylic acids is 2. The number of aromatic nitrogens is 1. The van der Waals surface area contributed by atoms with Crippen LogP contribution in [0.4, 0.5) is 4.79 Å². The fourth-order valence-corrected chi connectivity index (χ4v) is 1.77. The van der Waals surface area contributed by atoms with Crippen molar-refractivity contribution in [1.29, 1.82) is 5.26 Å². The summed E-state index contributed by atoms with van der Waals surface area (Å²) in [6, 6.07) is 3.74. The van der Waals surface area contributed by atoms with Gasteiger partial charge in [0.2, 0.25) is 5.71 Å². The highest BCUT2D eigenvalue weighted by Gasteiger charge is 2.33. The fraction of sp³-hybridized carbons (Fsp3) is 0.0909. The quantitative estimate of drug-likeness (QED) is 0.711. The standard InChI is InChI=1S/C11H6N4O3/c12-3-5-1-6-2-7(18-10(6)13-4-5)8-9(16)15-11(17)14-8/h1-2,4,8H,(H2,14,15,16,17). The van der Waals surface area contributed by atoms with Crippen molar-refractivity contribution in [2.45, 2.75) is 6.04 Å². The number of hydrogen-bond acceptors (Lipinski definition) is 5. The number of nitriles is 1. The number of nitrogens with one attached hydrogen (secondary N) is 2. The summed E-state index contributed by atoms with van der Waals surface area (Å²) >= 11 is 0. The predicted octanol–water partition coefficient (Wildman–Crippen LogP) is 0.580. The van der Waals surface area contributed by atoms with Crippen molar-refractivity contribution in [3.05, 3.63) is 29.7 Å². The molecule has 3 rings (SSSR count). The molecule has 0 aliphatic carbocycles. The second kappa shape index (κ2) is 3.56. The Balaban J connectivity index is 2.06. The van der Waals surface area contributed by atoms with Gasteiger partial charge in [-0.3, -0.25) is 10.1 Å². The van der Waals surface area contributed by atoms with Gasteiger partial charge in [0.1, 0.15) is 11.8 Å². The minimum atomic E-state index is -0.850. The first-order valence-electron chi connectivity index (χ1n) is 5.08. The van der Waals surface area contributed by atoms with Gasteiger partial charge < -0.3 is 9.73 Å². The molecular formula is C11H6N4O3. The molecule has 3 heterocycles. The Hall–Kier alpha value is -2.88. The SMILES string of the molecule is N#Cc1cnc2oc(C3NC(=O)NC3=O)cc2c1. The third-order valence-electron chi connectivity index (χ3n) is 2.58. The predicted molar refractivity (Wildman–Crippen MR) is 58.1 cm³/mol. The number of urea groups is 1. The van der Waals surface area contributed by atoms with Gasteiger partial charge in [-0.2, -0.15) is 5.26 Å². The highest BCUT2D eigenvalue weighted by atomic mass is 16.3. The number of furan rings is 1. The number of rotatable bonds is 1. The van der Waals surface area contributed by atoms with Gasteiger partial charge in [-0.15, -0.1) is 0 Å². The summed E-state index contributed by atoms with van der Waals surface area (Å²) in [6.45, 7) is 0. The summed E-state index contributed by atoms with van der Waals surface area (Å²) in [5, 5.41) is 13.9. The highest BCUT2D eigenvalue weighted by Crippen LogP contribution is 2.24. The van der Waals surface area contributed by atoms with Gasteiger partial charge in [0.25, 0.3) is 5.91 Å². The van der Waals surface area contributed by atoms with Gasteiger partial charge in [-0.05, 0) is 12.1 Å². The van der Waals surface area contributed by atoms with E-state index in [1.54, 1.807) is 12.1 Å². The van der Waals surface area contributed by atoms with Crippen LogP contribution in [0.25, 0.3) is 11.1 Å². The average molecular weight is 242 g/mol. The molecule has 0 saturated carbocycles. The minimum Gasteiger partial charge on any atom is -0.440 e. The van der Waals surface area contributed by atoms with E-state index < -0.39 is 18.0 Å². The lowest BCUT2D eigenvalue weighted by atomic mass is 10.2. The Morgan fingerprint density at radius 1 is 1.39 bits per heavy atom. The van der Waals surface area contributed by atoms with Crippen molar-refractivity contribution in [3.63, 3.8) is 0 Å². The molecule has 1 unspecified atom stereocenters. The van der Waals surface area contributed by atoms with E-state index in [4.69, 9.17) is 9.68 Å². The second-order valence-electron chi connectivity index (χ2n) is 3.77. The van der Waals surface area contributed by atoms with Crippen LogP contribution in [-0.4, -0.2) is 16.9 Å². The van der Waals surface area contributed by atoms with E-state index in [9.17, 15) is 9.59 Å². The molecule has 88 valence electrons. The summed E-state index contributed by atoms with van der Waals surface area (Å²) in [5.41, 5.74) is 0.715. The second-order valence-corrected chi connectivity index (χ2v) is 3.77. The smallest absolute Gasteiger partial charge is 0.322 e. The van der Waals surface area contributed by atoms with E-state index in [1.807, 2.05) is 6.07 Å². The molecule has 2 N–H and O–H groups in total. The van der Waals surface area contributed by atoms with Crippen LogP contribution in [0.1, 0.15) is 17.4 Å². The third kappa shape index (κ3) is 1.48. The lowest BCUT2D eigenvalue weighted by Gasteiger charge is -2.00. The van der Waals surface area contributed by atoms with Crippen molar-refractivity contribution < 1.29 is 14.0 Å². The normalized spacial score (nSPS) is 18.5. The Morgan fingerprint density at radius 3 is 2.89 bits per heavy atom. The monoisotopic (exact) mass is 242 g/mol. The Bertz CT molecular complexity index is 713. The van der Waals surface area contributed by atoms with E-state index in [-0.39, 0.29) is 5.76 Å². The molecule has 1 aliphatic rings. The zero-order chi connectivity index (χ0) is 12.7. The number of fused-ring (bicyclic) bond motifs is 1. The number of amides is 3. The molecule has 1 aliphatic heterocycles. The number of carbonyl (C=O) groups is 2. The van der Waals surface area contributed by atoms with Crippen LogP contribution in [0, 0.1) is 11.3 Å². The number of nitrogens with zero attached hydrogens (tertiary/aromatic N) is 2. The summed E-state index contributed by atoms with van der Waals surface area (Å²) in [7, 11) is 0. The molecule has 7 nitrogen and oxygen atoms in total. The summed E-state index contributed by atoms with van der Waals surface area (Å²) < 4.78 is 5.37. The lowest BCUT2D eigenvalue weighted by Crippen LogP contribution is -2.22. The van der Waals surface area contributed by atoms with Gasteiger partial charge in [-0.25, -0.2) is 9.78 Å². The maximum atomic E-state index is 11.5. The lowest BCUT2D eigenvalue weighted by molar-refractivity contribution is -0.120. The maximum absolute atomic E-state index is 11.5. The minimum absolute atomic E-state index is 0.288. The van der Waals surface area contributed by atoms with Crippen LogP contribution in [0.15, 0.2) is 22.7 Å². The first-order valence-corrected chi connectivity index (χ1v) is 5.08. The van der Waals surface area contributed by atoms with Gasteiger partial charge in [0, 0.05) is 11.6 Å². The van der Waals surface area contributed by atoms with Crippen molar-refractivity contribution in [2.75, 3.05) is 0 Å². The van der Waals surface area contributed by atoms with Crippen LogP contribution in [0.3, 0.4) is 0 Å². The Morgan fingerprint density at radius 2 is 2.22 bits per heavy atom. The summed E-state index contributed by atoms with van der Waals surface area (Å²) in [4.78, 5) is 26.4. The molecule has 3 amide bonds. The molecule has 7 heteroatoms. The van der Waals surface area contributed by atoms with Crippen molar-refractivity contribution >= 4 is 23.0 Å². The van der Waals surface area contributed by atoms with E-state index >= 15 is 0 Å². The molecule has 2 aromatic heterocycles. The molecule has 2 aromatic rings. The fourth-order valence-electron chi connectivity index (χ4n) is 1.77. The van der Waals surface area contributed by atoms with E-state index in [2.05, 4.69) is 15.6 Å². The van der Waals surface area contributed by atoms with Crippen molar-refractivity contribution in [1.82, 2.24) is 15.6 Å². The summed E-state index contributed by atoms with van der Waals surface area (Å²) in [5.74, 6) is -0.185. The highest BCUT2D eigenvalue weighted by molar-refractivity contribution is 6.04. The van der Waals surface area contributed by atoms with Gasteiger partial charge >= 0.3 is 6.03 Å². The molecular weight excluding hydrogens is 236 g/mol. The largest absolute Gasteiger partial charge is 0.440 e. The molecule has 0 radical (unpaired) electrons. The zero-order valence-electron chi connectivity index (χ0n) is 8.93. The van der Waals surface area contributed by atoms with Crippen molar-refractivity contribution in [2.24, 2.45) is 0 Å². The molecule has 1 atom stereocenters. The van der Waals surface area contributed by atoms with Gasteiger partial charge in [0.15, 0.2) is 6.04 Å². The van der Waals surface area contributed by atoms with E-state index in [0.29, 0.717) is 16.7 Å². The van der Waals surface area contributed by atoms with E-state index in [0.717, 1.165) is 0 Å². The van der Waals surface area contributed by atoms with Crippen LogP contribution >= 0.6 is 0 Å². The molecule has 1 fully saturated rings. The van der Waals surface area contributed by atoms with Crippen LogP contribution < -0.4 is 10.6 Å². The zero-order valence-corrected chi connectivity index (χ0v) is 8.93. The Kier molecular flexibility index (Phi) is 2.04. The average Bonchev–Trinajstić information content (AvgIpc) is 2.90. The number of pyridine rings is 1. The van der Waals surface area contributed by atoms with Crippen LogP contribution in [0.5, 0.6) is 0 Å². The number of imide groups is 1. The first-order chi connectivity index (χ1) is 8.67. The first kappa shape index (κ1) is 10.3.